The number of ether oxygens (including phenoxy) is 1. The number of hydrogen-bond acceptors (Lipinski definition) is 3. The Balaban J connectivity index is 2.52. The fourth-order valence-electron chi connectivity index (χ4n) is 1.70. The molecular formula is C14H22O3. The minimum atomic E-state index is -0.512. The molecule has 0 saturated heterocycles. The van der Waals surface area contributed by atoms with Gasteiger partial charge in [0.1, 0.15) is 5.75 Å². The first kappa shape index (κ1) is 14.0. The fraction of sp³-hybridized carbons (Fsp3) is 0.571. The van der Waals surface area contributed by atoms with Crippen molar-refractivity contribution in [3.8, 4) is 5.75 Å². The zero-order valence-electron chi connectivity index (χ0n) is 10.6. The lowest BCUT2D eigenvalue weighted by molar-refractivity contribution is 0.190. The maximum Gasteiger partial charge on any atom is 0.125 e. The van der Waals surface area contributed by atoms with Crippen LogP contribution in [0.4, 0.5) is 0 Å². The lowest BCUT2D eigenvalue weighted by Crippen LogP contribution is -2.03. The number of aliphatic hydroxyl groups is 2. The van der Waals surface area contributed by atoms with Gasteiger partial charge in [0.2, 0.25) is 0 Å². The number of benzene rings is 1. The fourth-order valence-corrected chi connectivity index (χ4v) is 1.70. The van der Waals surface area contributed by atoms with Crippen LogP contribution in [-0.2, 0) is 0 Å². The van der Waals surface area contributed by atoms with Gasteiger partial charge in [0.05, 0.1) is 12.7 Å². The molecule has 0 radical (unpaired) electrons. The monoisotopic (exact) mass is 238 g/mol. The van der Waals surface area contributed by atoms with Crippen LogP contribution in [0.15, 0.2) is 18.2 Å². The van der Waals surface area contributed by atoms with Gasteiger partial charge in [0, 0.05) is 12.2 Å². The maximum atomic E-state index is 9.66. The lowest BCUT2D eigenvalue weighted by atomic mass is 10.1. The third-order valence-electron chi connectivity index (χ3n) is 2.68. The summed E-state index contributed by atoms with van der Waals surface area (Å²) < 4.78 is 5.66. The molecule has 0 aliphatic rings. The van der Waals surface area contributed by atoms with E-state index in [2.05, 4.69) is 0 Å². The predicted molar refractivity (Wildman–Crippen MR) is 68.2 cm³/mol. The SMILES string of the molecule is Cc1ccc(OCCCCCO)c([C@@H](C)O)c1. The number of rotatable bonds is 7. The van der Waals surface area contributed by atoms with Crippen LogP contribution >= 0.6 is 0 Å². The van der Waals surface area contributed by atoms with Crippen LogP contribution in [0.3, 0.4) is 0 Å². The summed E-state index contributed by atoms with van der Waals surface area (Å²) >= 11 is 0. The highest BCUT2D eigenvalue weighted by molar-refractivity contribution is 5.38. The first-order valence-electron chi connectivity index (χ1n) is 6.17. The molecule has 17 heavy (non-hydrogen) atoms. The number of hydrogen-bond donors (Lipinski definition) is 2. The van der Waals surface area contributed by atoms with Crippen LogP contribution in [0, 0.1) is 6.92 Å². The van der Waals surface area contributed by atoms with Crippen LogP contribution in [-0.4, -0.2) is 23.4 Å². The van der Waals surface area contributed by atoms with E-state index in [1.54, 1.807) is 6.92 Å². The maximum absolute atomic E-state index is 9.66. The number of unbranched alkanes of at least 4 members (excludes halogenated alkanes) is 2. The van der Waals surface area contributed by atoms with E-state index < -0.39 is 6.10 Å². The van der Waals surface area contributed by atoms with Crippen molar-refractivity contribution in [3.63, 3.8) is 0 Å². The van der Waals surface area contributed by atoms with E-state index in [1.807, 2.05) is 25.1 Å². The van der Waals surface area contributed by atoms with Crippen LogP contribution in [0.2, 0.25) is 0 Å². The standard InChI is InChI=1S/C14H22O3/c1-11-6-7-14(13(10-11)12(2)16)17-9-5-3-4-8-15/h6-7,10,12,15-16H,3-5,8-9H2,1-2H3/t12-/m1/s1. The van der Waals surface area contributed by atoms with Crippen molar-refractivity contribution >= 4 is 0 Å². The first-order valence-corrected chi connectivity index (χ1v) is 6.17. The van der Waals surface area contributed by atoms with Gasteiger partial charge in [-0.25, -0.2) is 0 Å². The Morgan fingerprint density at radius 3 is 2.65 bits per heavy atom. The topological polar surface area (TPSA) is 49.7 Å². The van der Waals surface area contributed by atoms with Crippen molar-refractivity contribution < 1.29 is 14.9 Å². The molecule has 0 aromatic heterocycles. The molecule has 96 valence electrons. The normalized spacial score (nSPS) is 12.5. The summed E-state index contributed by atoms with van der Waals surface area (Å²) in [5.74, 6) is 0.759. The summed E-state index contributed by atoms with van der Waals surface area (Å²) in [5, 5.41) is 18.3. The smallest absolute Gasteiger partial charge is 0.125 e. The van der Waals surface area contributed by atoms with Gasteiger partial charge in [0.25, 0.3) is 0 Å². The molecule has 0 saturated carbocycles. The Bertz CT molecular complexity index is 334. The molecule has 1 aromatic carbocycles. The van der Waals surface area contributed by atoms with E-state index >= 15 is 0 Å². The summed E-state index contributed by atoms with van der Waals surface area (Å²) in [6, 6.07) is 5.84. The Kier molecular flexibility index (Phi) is 6.01. The zero-order chi connectivity index (χ0) is 12.7. The van der Waals surface area contributed by atoms with Crippen molar-refractivity contribution in [2.24, 2.45) is 0 Å². The van der Waals surface area contributed by atoms with E-state index in [-0.39, 0.29) is 6.61 Å². The van der Waals surface area contributed by atoms with E-state index in [4.69, 9.17) is 9.84 Å². The third kappa shape index (κ3) is 4.75. The molecule has 0 bridgehead atoms. The molecule has 0 spiro atoms. The van der Waals surface area contributed by atoms with Crippen molar-refractivity contribution in [3.05, 3.63) is 29.3 Å². The van der Waals surface area contributed by atoms with Gasteiger partial charge < -0.3 is 14.9 Å². The molecule has 0 aliphatic heterocycles. The van der Waals surface area contributed by atoms with Crippen molar-refractivity contribution in [2.45, 2.75) is 39.2 Å². The Labute approximate surface area is 103 Å². The van der Waals surface area contributed by atoms with Crippen molar-refractivity contribution in [1.29, 1.82) is 0 Å². The summed E-state index contributed by atoms with van der Waals surface area (Å²) in [6.07, 6.45) is 2.20. The molecule has 0 fully saturated rings. The third-order valence-corrected chi connectivity index (χ3v) is 2.68. The predicted octanol–water partition coefficient (Wildman–Crippen LogP) is 2.59. The van der Waals surface area contributed by atoms with Crippen molar-refractivity contribution in [2.75, 3.05) is 13.2 Å². The molecule has 1 rings (SSSR count). The van der Waals surface area contributed by atoms with Gasteiger partial charge in [0.15, 0.2) is 0 Å². The van der Waals surface area contributed by atoms with Gasteiger partial charge >= 0.3 is 0 Å². The Morgan fingerprint density at radius 1 is 1.24 bits per heavy atom. The average molecular weight is 238 g/mol. The molecule has 3 nitrogen and oxygen atoms in total. The van der Waals surface area contributed by atoms with Gasteiger partial charge in [-0.1, -0.05) is 11.6 Å². The number of aliphatic hydroxyl groups excluding tert-OH is 2. The van der Waals surface area contributed by atoms with Gasteiger partial charge in [-0.15, -0.1) is 0 Å². The summed E-state index contributed by atoms with van der Waals surface area (Å²) in [6.45, 7) is 4.61. The summed E-state index contributed by atoms with van der Waals surface area (Å²) in [4.78, 5) is 0. The molecular weight excluding hydrogens is 216 g/mol. The minimum absolute atomic E-state index is 0.240. The highest BCUT2D eigenvalue weighted by Crippen LogP contribution is 2.26. The lowest BCUT2D eigenvalue weighted by Gasteiger charge is -2.14. The summed E-state index contributed by atoms with van der Waals surface area (Å²) in [5.41, 5.74) is 1.96. The molecule has 0 unspecified atom stereocenters. The van der Waals surface area contributed by atoms with Gasteiger partial charge in [-0.05, 0) is 45.2 Å². The quantitative estimate of drug-likeness (QED) is 0.718. The van der Waals surface area contributed by atoms with Gasteiger partial charge in [-0.3, -0.25) is 0 Å². The van der Waals surface area contributed by atoms with Crippen LogP contribution in [0.1, 0.15) is 43.4 Å². The molecule has 1 atom stereocenters. The number of aryl methyl sites for hydroxylation is 1. The Morgan fingerprint density at radius 2 is 2.00 bits per heavy atom. The summed E-state index contributed by atoms with van der Waals surface area (Å²) in [7, 11) is 0. The molecule has 2 N–H and O–H groups in total. The van der Waals surface area contributed by atoms with E-state index in [9.17, 15) is 5.11 Å². The second-order valence-corrected chi connectivity index (χ2v) is 4.35. The van der Waals surface area contributed by atoms with Gasteiger partial charge in [-0.2, -0.15) is 0 Å². The van der Waals surface area contributed by atoms with E-state index in [1.165, 1.54) is 0 Å². The molecule has 0 aliphatic carbocycles. The largest absolute Gasteiger partial charge is 0.493 e. The molecule has 1 aromatic rings. The van der Waals surface area contributed by atoms with Crippen LogP contribution in [0.5, 0.6) is 5.75 Å². The second kappa shape index (κ2) is 7.30. The first-order chi connectivity index (χ1) is 8.15. The Hall–Kier alpha value is -1.06. The molecule has 0 amide bonds. The highest BCUT2D eigenvalue weighted by atomic mass is 16.5. The minimum Gasteiger partial charge on any atom is -0.493 e. The van der Waals surface area contributed by atoms with Crippen LogP contribution < -0.4 is 4.74 Å². The van der Waals surface area contributed by atoms with E-state index in [0.29, 0.717) is 6.61 Å². The van der Waals surface area contributed by atoms with Crippen LogP contribution in [0.25, 0.3) is 0 Å². The molecule has 3 heteroatoms. The van der Waals surface area contributed by atoms with Crippen molar-refractivity contribution in [1.82, 2.24) is 0 Å². The second-order valence-electron chi connectivity index (χ2n) is 4.35. The molecule has 0 heterocycles. The van der Waals surface area contributed by atoms with E-state index in [0.717, 1.165) is 36.1 Å². The zero-order valence-corrected chi connectivity index (χ0v) is 10.6. The highest BCUT2D eigenvalue weighted by Gasteiger charge is 2.09. The average Bonchev–Trinajstić information content (AvgIpc) is 2.30.